The van der Waals surface area contributed by atoms with Crippen LogP contribution in [0.3, 0.4) is 0 Å². The molecule has 2 unspecified atom stereocenters. The summed E-state index contributed by atoms with van der Waals surface area (Å²) < 4.78 is 0. The molecule has 0 saturated heterocycles. The van der Waals surface area contributed by atoms with Crippen LogP contribution >= 0.6 is 0 Å². The summed E-state index contributed by atoms with van der Waals surface area (Å²) in [6.45, 7) is 7.25. The third-order valence-electron chi connectivity index (χ3n) is 6.21. The maximum Gasteiger partial charge on any atom is -0.0284 e. The molecule has 0 heteroatoms. The third kappa shape index (κ3) is 2.25. The van der Waals surface area contributed by atoms with Gasteiger partial charge in [0.2, 0.25) is 0 Å². The predicted molar refractivity (Wildman–Crippen MR) is 78.5 cm³/mol. The molecule has 0 aliphatic heterocycles. The Morgan fingerprint density at radius 2 is 1.61 bits per heavy atom. The smallest absolute Gasteiger partial charge is 0.0284 e. The molecule has 0 N–H and O–H groups in total. The van der Waals surface area contributed by atoms with Crippen LogP contribution in [0.4, 0.5) is 0 Å². The molecule has 4 rings (SSSR count). The normalized spacial score (nSPS) is 46.0. The summed E-state index contributed by atoms with van der Waals surface area (Å²) in [5.74, 6) is 3.13. The van der Waals surface area contributed by atoms with Crippen molar-refractivity contribution in [2.75, 3.05) is 0 Å². The molecule has 0 spiro atoms. The minimum Gasteiger partial charge on any atom is -0.0654 e. The molecular weight excluding hydrogens is 216 g/mol. The molecule has 0 heterocycles. The van der Waals surface area contributed by atoms with E-state index in [1.165, 1.54) is 19.3 Å². The topological polar surface area (TPSA) is 0 Å². The molecule has 18 heavy (non-hydrogen) atoms. The summed E-state index contributed by atoms with van der Waals surface area (Å²) >= 11 is 0. The van der Waals surface area contributed by atoms with E-state index in [0.29, 0.717) is 0 Å². The van der Waals surface area contributed by atoms with Gasteiger partial charge >= 0.3 is 0 Å². The van der Waals surface area contributed by atoms with E-state index >= 15 is 0 Å². The molecule has 0 aromatic heterocycles. The zero-order valence-corrected chi connectivity index (χ0v) is 12.8. The fourth-order valence-corrected chi connectivity index (χ4v) is 6.60. The SMILES string of the molecule is CCCCC12CC3CC(C1)CC(CC(C)C)(C3)C2. The van der Waals surface area contributed by atoms with Crippen LogP contribution in [0.2, 0.25) is 0 Å². The van der Waals surface area contributed by atoms with Gasteiger partial charge in [0.05, 0.1) is 0 Å². The number of hydrogen-bond acceptors (Lipinski definition) is 0. The van der Waals surface area contributed by atoms with E-state index in [1.54, 1.807) is 44.9 Å². The lowest BCUT2D eigenvalue weighted by molar-refractivity contribution is -0.122. The minimum absolute atomic E-state index is 0.784. The molecule has 0 aromatic carbocycles. The van der Waals surface area contributed by atoms with Crippen LogP contribution in [0.1, 0.15) is 85.0 Å². The van der Waals surface area contributed by atoms with Gasteiger partial charge < -0.3 is 0 Å². The maximum atomic E-state index is 2.44. The largest absolute Gasteiger partial charge is 0.0654 e. The van der Waals surface area contributed by atoms with Crippen LogP contribution in [-0.2, 0) is 0 Å². The van der Waals surface area contributed by atoms with Crippen LogP contribution in [-0.4, -0.2) is 0 Å². The van der Waals surface area contributed by atoms with Crippen molar-refractivity contribution < 1.29 is 0 Å². The van der Waals surface area contributed by atoms with Gasteiger partial charge in [-0.05, 0) is 80.0 Å². The standard InChI is InChI=1S/C18H32/c1-4-5-6-17-9-15-7-16(10-17)12-18(11-15,13-17)8-14(2)3/h14-16H,4-13H2,1-3H3. The van der Waals surface area contributed by atoms with Crippen LogP contribution < -0.4 is 0 Å². The number of rotatable bonds is 5. The molecule has 0 radical (unpaired) electrons. The molecule has 4 aliphatic carbocycles. The molecule has 4 aliphatic rings. The summed E-state index contributed by atoms with van der Waals surface area (Å²) in [6, 6.07) is 0. The van der Waals surface area contributed by atoms with Gasteiger partial charge in [0.25, 0.3) is 0 Å². The molecule has 4 saturated carbocycles. The quantitative estimate of drug-likeness (QED) is 0.576. The summed E-state index contributed by atoms with van der Waals surface area (Å²) in [6.07, 6.45) is 15.5. The Labute approximate surface area is 114 Å². The first kappa shape index (κ1) is 13.0. The van der Waals surface area contributed by atoms with Gasteiger partial charge in [0, 0.05) is 0 Å². The van der Waals surface area contributed by atoms with E-state index in [4.69, 9.17) is 0 Å². The lowest BCUT2D eigenvalue weighted by Gasteiger charge is -2.63. The van der Waals surface area contributed by atoms with Crippen molar-refractivity contribution in [3.63, 3.8) is 0 Å². The first-order valence-electron chi connectivity index (χ1n) is 8.55. The maximum absolute atomic E-state index is 2.44. The zero-order chi connectivity index (χ0) is 12.8. The Hall–Kier alpha value is 0. The predicted octanol–water partition coefficient (Wildman–Crippen LogP) is 5.81. The molecule has 0 nitrogen and oxygen atoms in total. The van der Waals surface area contributed by atoms with Gasteiger partial charge in [-0.2, -0.15) is 0 Å². The monoisotopic (exact) mass is 248 g/mol. The van der Waals surface area contributed by atoms with E-state index < -0.39 is 0 Å². The highest BCUT2D eigenvalue weighted by molar-refractivity contribution is 5.07. The van der Waals surface area contributed by atoms with E-state index in [1.807, 2.05) is 0 Å². The Balaban J connectivity index is 1.79. The van der Waals surface area contributed by atoms with Gasteiger partial charge in [-0.15, -0.1) is 0 Å². The van der Waals surface area contributed by atoms with Gasteiger partial charge in [0.1, 0.15) is 0 Å². The summed E-state index contributed by atoms with van der Waals surface area (Å²) in [5.41, 5.74) is 1.58. The first-order chi connectivity index (χ1) is 8.55. The van der Waals surface area contributed by atoms with E-state index in [9.17, 15) is 0 Å². The molecule has 2 atom stereocenters. The van der Waals surface area contributed by atoms with Crippen LogP contribution in [0.15, 0.2) is 0 Å². The molecule has 0 aromatic rings. The van der Waals surface area contributed by atoms with Crippen molar-refractivity contribution in [3.8, 4) is 0 Å². The molecule has 4 bridgehead atoms. The summed E-state index contributed by atoms with van der Waals surface area (Å²) in [4.78, 5) is 0. The average molecular weight is 248 g/mol. The van der Waals surface area contributed by atoms with Gasteiger partial charge in [0.15, 0.2) is 0 Å². The van der Waals surface area contributed by atoms with Crippen LogP contribution in [0.25, 0.3) is 0 Å². The molecule has 0 amide bonds. The highest BCUT2D eigenvalue weighted by atomic mass is 14.6. The number of hydrogen-bond donors (Lipinski definition) is 0. The van der Waals surface area contributed by atoms with Gasteiger partial charge in [-0.1, -0.05) is 33.6 Å². The summed E-state index contributed by atoms with van der Waals surface area (Å²) in [7, 11) is 0. The van der Waals surface area contributed by atoms with E-state index in [2.05, 4.69) is 20.8 Å². The summed E-state index contributed by atoms with van der Waals surface area (Å²) in [5, 5.41) is 0. The third-order valence-corrected chi connectivity index (χ3v) is 6.21. The lowest BCUT2D eigenvalue weighted by atomic mass is 9.42. The zero-order valence-electron chi connectivity index (χ0n) is 12.8. The van der Waals surface area contributed by atoms with Crippen molar-refractivity contribution in [3.05, 3.63) is 0 Å². The minimum atomic E-state index is 0.784. The second-order valence-corrected chi connectivity index (χ2v) is 8.66. The van der Waals surface area contributed by atoms with Crippen molar-refractivity contribution in [2.24, 2.45) is 28.6 Å². The van der Waals surface area contributed by atoms with Crippen LogP contribution in [0.5, 0.6) is 0 Å². The Morgan fingerprint density at radius 1 is 1.00 bits per heavy atom. The van der Waals surface area contributed by atoms with Crippen molar-refractivity contribution in [1.82, 2.24) is 0 Å². The number of unbranched alkanes of at least 4 members (excludes halogenated alkanes) is 1. The second kappa shape index (κ2) is 4.53. The highest BCUT2D eigenvalue weighted by Crippen LogP contribution is 2.68. The van der Waals surface area contributed by atoms with Crippen molar-refractivity contribution in [2.45, 2.75) is 85.0 Å². The molecule has 4 fully saturated rings. The first-order valence-corrected chi connectivity index (χ1v) is 8.55. The van der Waals surface area contributed by atoms with E-state index in [0.717, 1.165) is 28.6 Å². The second-order valence-electron chi connectivity index (χ2n) is 8.66. The Bertz CT molecular complexity index is 282. The van der Waals surface area contributed by atoms with Gasteiger partial charge in [-0.25, -0.2) is 0 Å². The van der Waals surface area contributed by atoms with Gasteiger partial charge in [-0.3, -0.25) is 0 Å². The Kier molecular flexibility index (Phi) is 3.27. The van der Waals surface area contributed by atoms with E-state index in [-0.39, 0.29) is 0 Å². The Morgan fingerprint density at radius 3 is 2.17 bits per heavy atom. The molecule has 104 valence electrons. The fourth-order valence-electron chi connectivity index (χ4n) is 6.60. The average Bonchev–Trinajstić information content (AvgIpc) is 2.22. The molecular formula is C18H32. The lowest BCUT2D eigenvalue weighted by Crippen LogP contribution is -2.52. The van der Waals surface area contributed by atoms with Crippen LogP contribution in [0, 0.1) is 28.6 Å². The fraction of sp³-hybridized carbons (Fsp3) is 1.00. The highest BCUT2D eigenvalue weighted by Gasteiger charge is 2.56. The van der Waals surface area contributed by atoms with Crippen molar-refractivity contribution >= 4 is 0 Å². The van der Waals surface area contributed by atoms with Crippen molar-refractivity contribution in [1.29, 1.82) is 0 Å².